The number of nitro groups is 1. The molecule has 0 saturated heterocycles. The van der Waals surface area contributed by atoms with Gasteiger partial charge in [-0.3, -0.25) is 20.2 Å². The van der Waals surface area contributed by atoms with Crippen molar-refractivity contribution in [2.24, 2.45) is 0 Å². The van der Waals surface area contributed by atoms with E-state index < -0.39 is 4.92 Å². The highest BCUT2D eigenvalue weighted by atomic mass is 16.6. The second-order valence-electron chi connectivity index (χ2n) is 4.48. The van der Waals surface area contributed by atoms with E-state index in [2.05, 4.69) is 20.2 Å². The van der Waals surface area contributed by atoms with Crippen LogP contribution in [-0.4, -0.2) is 25.1 Å². The molecule has 104 valence electrons. The first kappa shape index (κ1) is 12.9. The summed E-state index contributed by atoms with van der Waals surface area (Å²) in [5.41, 5.74) is 2.27. The number of benzene rings is 1. The van der Waals surface area contributed by atoms with Crippen LogP contribution >= 0.6 is 0 Å². The van der Waals surface area contributed by atoms with Crippen molar-refractivity contribution in [1.82, 2.24) is 20.2 Å². The van der Waals surface area contributed by atoms with Gasteiger partial charge < -0.3 is 0 Å². The van der Waals surface area contributed by atoms with Crippen LogP contribution in [0.5, 0.6) is 0 Å². The van der Waals surface area contributed by atoms with Gasteiger partial charge in [0.25, 0.3) is 5.69 Å². The Kier molecular flexibility index (Phi) is 3.15. The standard InChI is InChI=1S/C14H11N5O2/c1-9-4-3-7-15-12(9)14-16-13(17-18-14)10-5-2-6-11(8-10)19(20)21/h2-8H,1H3,(H,16,17,18). The van der Waals surface area contributed by atoms with E-state index in [1.54, 1.807) is 18.3 Å². The van der Waals surface area contributed by atoms with Gasteiger partial charge in [-0.15, -0.1) is 0 Å². The highest BCUT2D eigenvalue weighted by molar-refractivity contribution is 5.62. The fraction of sp³-hybridized carbons (Fsp3) is 0.0714. The second-order valence-corrected chi connectivity index (χ2v) is 4.48. The molecule has 0 aliphatic carbocycles. The van der Waals surface area contributed by atoms with E-state index in [1.807, 2.05) is 19.1 Å². The Labute approximate surface area is 119 Å². The van der Waals surface area contributed by atoms with Crippen molar-refractivity contribution in [3.8, 4) is 22.9 Å². The quantitative estimate of drug-likeness (QED) is 0.588. The summed E-state index contributed by atoms with van der Waals surface area (Å²) in [7, 11) is 0. The largest absolute Gasteiger partial charge is 0.270 e. The average molecular weight is 281 g/mol. The molecule has 0 saturated carbocycles. The number of non-ortho nitro benzene ring substituents is 1. The predicted octanol–water partition coefficient (Wildman–Crippen LogP) is 2.75. The summed E-state index contributed by atoms with van der Waals surface area (Å²) in [5.74, 6) is 0.938. The van der Waals surface area contributed by atoms with Crippen molar-refractivity contribution in [1.29, 1.82) is 0 Å². The van der Waals surface area contributed by atoms with Gasteiger partial charge in [-0.05, 0) is 18.6 Å². The van der Waals surface area contributed by atoms with Crippen LogP contribution in [-0.2, 0) is 0 Å². The van der Waals surface area contributed by atoms with Crippen LogP contribution in [0.3, 0.4) is 0 Å². The molecular formula is C14H11N5O2. The molecule has 2 aromatic heterocycles. The van der Waals surface area contributed by atoms with Crippen LogP contribution in [0.2, 0.25) is 0 Å². The average Bonchev–Trinajstić information content (AvgIpc) is 2.97. The molecule has 0 bridgehead atoms. The molecule has 0 atom stereocenters. The van der Waals surface area contributed by atoms with Gasteiger partial charge in [0.05, 0.1) is 4.92 Å². The van der Waals surface area contributed by atoms with Crippen LogP contribution in [0.15, 0.2) is 42.6 Å². The second kappa shape index (κ2) is 5.12. The lowest BCUT2D eigenvalue weighted by Gasteiger charge is -1.98. The highest BCUT2D eigenvalue weighted by Crippen LogP contribution is 2.23. The summed E-state index contributed by atoms with van der Waals surface area (Å²) in [4.78, 5) is 19.0. The SMILES string of the molecule is Cc1cccnc1-c1n[nH]c(-c2cccc([N+](=O)[O-])c2)n1. The maximum atomic E-state index is 10.8. The number of nitrogens with one attached hydrogen (secondary N) is 1. The Bertz CT molecular complexity index is 812. The van der Waals surface area contributed by atoms with Crippen molar-refractivity contribution < 1.29 is 4.92 Å². The van der Waals surface area contributed by atoms with Gasteiger partial charge in [0, 0.05) is 23.9 Å². The van der Waals surface area contributed by atoms with E-state index in [4.69, 9.17) is 0 Å². The molecular weight excluding hydrogens is 270 g/mol. The number of aromatic nitrogens is 4. The number of aromatic amines is 1. The first-order valence-electron chi connectivity index (χ1n) is 6.24. The highest BCUT2D eigenvalue weighted by Gasteiger charge is 2.13. The van der Waals surface area contributed by atoms with Gasteiger partial charge in [0.2, 0.25) is 0 Å². The van der Waals surface area contributed by atoms with Gasteiger partial charge >= 0.3 is 0 Å². The zero-order chi connectivity index (χ0) is 14.8. The summed E-state index contributed by atoms with van der Waals surface area (Å²) in [5, 5.41) is 17.7. The van der Waals surface area contributed by atoms with Crippen molar-refractivity contribution >= 4 is 5.69 Å². The molecule has 7 heteroatoms. The molecule has 0 fully saturated rings. The van der Waals surface area contributed by atoms with E-state index in [1.165, 1.54) is 12.1 Å². The minimum atomic E-state index is -0.441. The molecule has 2 heterocycles. The molecule has 0 radical (unpaired) electrons. The number of nitrogens with zero attached hydrogens (tertiary/aromatic N) is 4. The monoisotopic (exact) mass is 281 g/mol. The number of hydrogen-bond acceptors (Lipinski definition) is 5. The normalized spacial score (nSPS) is 10.5. The van der Waals surface area contributed by atoms with Gasteiger partial charge in [0.1, 0.15) is 5.69 Å². The van der Waals surface area contributed by atoms with Crippen LogP contribution in [0.1, 0.15) is 5.56 Å². The molecule has 0 aliphatic rings. The molecule has 1 aromatic carbocycles. The Morgan fingerprint density at radius 2 is 2.10 bits per heavy atom. The zero-order valence-corrected chi connectivity index (χ0v) is 11.1. The molecule has 21 heavy (non-hydrogen) atoms. The maximum absolute atomic E-state index is 10.8. The Morgan fingerprint density at radius 3 is 2.86 bits per heavy atom. The maximum Gasteiger partial charge on any atom is 0.270 e. The molecule has 0 unspecified atom stereocenters. The fourth-order valence-corrected chi connectivity index (χ4v) is 1.98. The zero-order valence-electron chi connectivity index (χ0n) is 11.1. The third-order valence-electron chi connectivity index (χ3n) is 3.04. The lowest BCUT2D eigenvalue weighted by molar-refractivity contribution is -0.384. The van der Waals surface area contributed by atoms with Gasteiger partial charge in [0.15, 0.2) is 11.6 Å². The third-order valence-corrected chi connectivity index (χ3v) is 3.04. The number of hydrogen-bond donors (Lipinski definition) is 1. The lowest BCUT2D eigenvalue weighted by atomic mass is 10.2. The van der Waals surface area contributed by atoms with E-state index >= 15 is 0 Å². The van der Waals surface area contributed by atoms with Crippen LogP contribution in [0.25, 0.3) is 22.9 Å². The minimum Gasteiger partial charge on any atom is -0.259 e. The first-order valence-corrected chi connectivity index (χ1v) is 6.24. The lowest BCUT2D eigenvalue weighted by Crippen LogP contribution is -1.90. The number of H-pyrrole nitrogens is 1. The molecule has 0 amide bonds. The third kappa shape index (κ3) is 2.48. The van der Waals surface area contributed by atoms with Gasteiger partial charge in [-0.2, -0.15) is 5.10 Å². The minimum absolute atomic E-state index is 0.0134. The van der Waals surface area contributed by atoms with Crippen molar-refractivity contribution in [2.75, 3.05) is 0 Å². The summed E-state index contributed by atoms with van der Waals surface area (Å²) < 4.78 is 0. The van der Waals surface area contributed by atoms with Gasteiger partial charge in [-0.1, -0.05) is 18.2 Å². The van der Waals surface area contributed by atoms with E-state index in [0.29, 0.717) is 22.9 Å². The fourth-order valence-electron chi connectivity index (χ4n) is 1.98. The Balaban J connectivity index is 2.01. The number of rotatable bonds is 3. The van der Waals surface area contributed by atoms with Gasteiger partial charge in [-0.25, -0.2) is 4.98 Å². The molecule has 1 N–H and O–H groups in total. The summed E-state index contributed by atoms with van der Waals surface area (Å²) in [6.45, 7) is 1.92. The topological polar surface area (TPSA) is 97.6 Å². The molecule has 0 spiro atoms. The first-order chi connectivity index (χ1) is 10.1. The molecule has 3 rings (SSSR count). The van der Waals surface area contributed by atoms with E-state index in [0.717, 1.165) is 5.56 Å². The van der Waals surface area contributed by atoms with E-state index in [9.17, 15) is 10.1 Å². The van der Waals surface area contributed by atoms with Crippen LogP contribution in [0.4, 0.5) is 5.69 Å². The van der Waals surface area contributed by atoms with E-state index in [-0.39, 0.29) is 5.69 Å². The van der Waals surface area contributed by atoms with Crippen molar-refractivity contribution in [2.45, 2.75) is 6.92 Å². The molecule has 3 aromatic rings. The van der Waals surface area contributed by atoms with Crippen LogP contribution < -0.4 is 0 Å². The Hall–Kier alpha value is -3.09. The van der Waals surface area contributed by atoms with Crippen LogP contribution in [0, 0.1) is 17.0 Å². The number of aryl methyl sites for hydroxylation is 1. The smallest absolute Gasteiger partial charge is 0.259 e. The predicted molar refractivity (Wildman–Crippen MR) is 76.4 cm³/mol. The molecule has 0 aliphatic heterocycles. The summed E-state index contributed by atoms with van der Waals surface area (Å²) in [6.07, 6.45) is 1.67. The summed E-state index contributed by atoms with van der Waals surface area (Å²) in [6, 6.07) is 10.0. The van der Waals surface area contributed by atoms with Crippen molar-refractivity contribution in [3.05, 3.63) is 58.3 Å². The van der Waals surface area contributed by atoms with Crippen molar-refractivity contribution in [3.63, 3.8) is 0 Å². The number of pyridine rings is 1. The molecule has 7 nitrogen and oxygen atoms in total. The number of nitro benzene ring substituents is 1. The Morgan fingerprint density at radius 1 is 1.24 bits per heavy atom. The summed E-state index contributed by atoms with van der Waals surface area (Å²) >= 11 is 0.